The number of aliphatic imine (C=N–C) groups is 1. The maximum Gasteiger partial charge on any atom is 0.231 e. The number of rotatable bonds is 7. The number of hydrogen-bond donors (Lipinski definition) is 2. The number of nitrogens with zero attached hydrogens (tertiary/aromatic N) is 2. The van der Waals surface area contributed by atoms with Crippen molar-refractivity contribution in [3.8, 4) is 11.5 Å². The van der Waals surface area contributed by atoms with Gasteiger partial charge in [0, 0.05) is 32.6 Å². The Morgan fingerprint density at radius 2 is 2.14 bits per heavy atom. The van der Waals surface area contributed by atoms with Crippen LogP contribution in [0.2, 0.25) is 0 Å². The van der Waals surface area contributed by atoms with Crippen LogP contribution in [0.5, 0.6) is 11.5 Å². The van der Waals surface area contributed by atoms with Crippen LogP contribution in [-0.4, -0.2) is 56.3 Å². The third kappa shape index (κ3) is 5.78. The Labute approximate surface area is 167 Å². The summed E-state index contributed by atoms with van der Waals surface area (Å²) in [6.07, 6.45) is 3.65. The van der Waals surface area contributed by atoms with E-state index >= 15 is 0 Å². The molecule has 1 aromatic rings. The van der Waals surface area contributed by atoms with Crippen molar-refractivity contribution in [2.24, 2.45) is 10.9 Å². The number of carbonyl (C=O) groups is 1. The number of hydrogen-bond acceptors (Lipinski definition) is 4. The van der Waals surface area contributed by atoms with Crippen molar-refractivity contribution in [1.29, 1.82) is 0 Å². The number of likely N-dealkylation sites (tertiary alicyclic amines) is 1. The molecule has 1 fully saturated rings. The van der Waals surface area contributed by atoms with Gasteiger partial charge in [-0.05, 0) is 49.8 Å². The molecule has 2 N–H and O–H groups in total. The maximum atomic E-state index is 12.4. The minimum atomic E-state index is 0.214. The summed E-state index contributed by atoms with van der Waals surface area (Å²) in [6.45, 7) is 8.36. The maximum absolute atomic E-state index is 12.4. The van der Waals surface area contributed by atoms with Crippen LogP contribution in [0.3, 0.4) is 0 Å². The minimum Gasteiger partial charge on any atom is -0.454 e. The van der Waals surface area contributed by atoms with Gasteiger partial charge in [0.2, 0.25) is 12.7 Å². The molecule has 1 amide bonds. The van der Waals surface area contributed by atoms with E-state index in [1.165, 1.54) is 12.0 Å². The van der Waals surface area contributed by atoms with E-state index in [4.69, 9.17) is 9.47 Å². The summed E-state index contributed by atoms with van der Waals surface area (Å²) in [6, 6.07) is 6.02. The molecular weight excluding hydrogens is 356 g/mol. The Balaban J connectivity index is 1.42. The summed E-state index contributed by atoms with van der Waals surface area (Å²) in [5, 5.41) is 6.58. The predicted octanol–water partition coefficient (Wildman–Crippen LogP) is 2.16. The molecule has 2 heterocycles. The molecule has 2 aliphatic rings. The van der Waals surface area contributed by atoms with E-state index < -0.39 is 0 Å². The highest BCUT2D eigenvalue weighted by Gasteiger charge is 2.20. The predicted molar refractivity (Wildman–Crippen MR) is 110 cm³/mol. The molecule has 0 spiro atoms. The van der Waals surface area contributed by atoms with E-state index in [1.807, 2.05) is 24.0 Å². The van der Waals surface area contributed by atoms with E-state index in [9.17, 15) is 4.79 Å². The topological polar surface area (TPSA) is 75.2 Å². The smallest absolute Gasteiger partial charge is 0.231 e. The summed E-state index contributed by atoms with van der Waals surface area (Å²) in [5.41, 5.74) is 1.18. The van der Waals surface area contributed by atoms with E-state index in [-0.39, 0.29) is 5.91 Å². The van der Waals surface area contributed by atoms with Crippen LogP contribution in [0.15, 0.2) is 23.2 Å². The molecule has 2 aliphatic heterocycles. The van der Waals surface area contributed by atoms with Crippen LogP contribution in [-0.2, 0) is 11.2 Å². The summed E-state index contributed by atoms with van der Waals surface area (Å²) in [4.78, 5) is 18.9. The van der Waals surface area contributed by atoms with E-state index in [2.05, 4.69) is 28.6 Å². The largest absolute Gasteiger partial charge is 0.454 e. The van der Waals surface area contributed by atoms with Gasteiger partial charge in [0.25, 0.3) is 0 Å². The first kappa shape index (κ1) is 20.3. The molecule has 1 unspecified atom stereocenters. The Kier molecular flexibility index (Phi) is 7.39. The number of ether oxygens (including phenoxy) is 2. The number of piperidine rings is 1. The van der Waals surface area contributed by atoms with Crippen LogP contribution in [0.4, 0.5) is 0 Å². The number of benzene rings is 1. The first-order valence-corrected chi connectivity index (χ1v) is 10.3. The zero-order valence-corrected chi connectivity index (χ0v) is 17.0. The fourth-order valence-corrected chi connectivity index (χ4v) is 3.60. The highest BCUT2D eigenvalue weighted by atomic mass is 16.7. The van der Waals surface area contributed by atoms with Crippen LogP contribution in [0.25, 0.3) is 0 Å². The van der Waals surface area contributed by atoms with E-state index in [1.54, 1.807) is 0 Å². The van der Waals surface area contributed by atoms with Gasteiger partial charge in [-0.15, -0.1) is 0 Å². The molecule has 154 valence electrons. The van der Waals surface area contributed by atoms with Crippen molar-refractivity contribution in [2.45, 2.75) is 39.5 Å². The first-order valence-electron chi connectivity index (χ1n) is 10.3. The van der Waals surface area contributed by atoms with Crippen LogP contribution in [0.1, 0.15) is 38.7 Å². The lowest BCUT2D eigenvalue weighted by Gasteiger charge is -2.30. The third-order valence-corrected chi connectivity index (χ3v) is 5.09. The van der Waals surface area contributed by atoms with Gasteiger partial charge >= 0.3 is 0 Å². The molecule has 3 rings (SSSR count). The fourth-order valence-electron chi connectivity index (χ4n) is 3.60. The molecule has 1 saturated heterocycles. The summed E-state index contributed by atoms with van der Waals surface area (Å²) >= 11 is 0. The molecule has 1 atom stereocenters. The van der Waals surface area contributed by atoms with Crippen molar-refractivity contribution < 1.29 is 14.3 Å². The molecule has 0 aliphatic carbocycles. The molecule has 0 saturated carbocycles. The van der Waals surface area contributed by atoms with Gasteiger partial charge in [-0.1, -0.05) is 13.0 Å². The molecule has 7 nitrogen and oxygen atoms in total. The van der Waals surface area contributed by atoms with E-state index in [0.29, 0.717) is 25.7 Å². The number of fused-ring (bicyclic) bond motifs is 1. The van der Waals surface area contributed by atoms with Crippen LogP contribution < -0.4 is 20.1 Å². The second kappa shape index (κ2) is 10.2. The van der Waals surface area contributed by atoms with Crippen molar-refractivity contribution in [2.75, 3.05) is 39.5 Å². The van der Waals surface area contributed by atoms with Crippen LogP contribution in [0, 0.1) is 5.92 Å². The lowest BCUT2D eigenvalue weighted by atomic mass is 10.00. The van der Waals surface area contributed by atoms with Gasteiger partial charge in [-0.2, -0.15) is 0 Å². The highest BCUT2D eigenvalue weighted by Crippen LogP contribution is 2.32. The molecule has 0 radical (unpaired) electrons. The SMILES string of the molecule is CCNC(=NCCC(=O)N1CCCC(C)C1)NCCc1ccc2c(c1)OCO2. The Bertz CT molecular complexity index is 692. The van der Waals surface area contributed by atoms with Gasteiger partial charge in [0.1, 0.15) is 0 Å². The Morgan fingerprint density at radius 1 is 1.29 bits per heavy atom. The highest BCUT2D eigenvalue weighted by molar-refractivity contribution is 5.80. The standard InChI is InChI=1S/C21H32N4O3/c1-3-22-21(24-11-9-20(26)25-12-4-5-16(2)14-25)23-10-8-17-6-7-18-19(13-17)28-15-27-18/h6-7,13,16H,3-5,8-12,14-15H2,1-2H3,(H2,22,23,24). The molecule has 28 heavy (non-hydrogen) atoms. The monoisotopic (exact) mass is 388 g/mol. The number of amides is 1. The summed E-state index contributed by atoms with van der Waals surface area (Å²) in [5.74, 6) is 3.19. The Morgan fingerprint density at radius 3 is 2.96 bits per heavy atom. The van der Waals surface area contributed by atoms with Gasteiger partial charge in [-0.3, -0.25) is 9.79 Å². The molecule has 0 aromatic heterocycles. The van der Waals surface area contributed by atoms with Crippen molar-refractivity contribution in [3.63, 3.8) is 0 Å². The zero-order chi connectivity index (χ0) is 19.8. The van der Waals surface area contributed by atoms with Crippen molar-refractivity contribution >= 4 is 11.9 Å². The lowest BCUT2D eigenvalue weighted by Crippen LogP contribution is -2.40. The molecule has 1 aromatic carbocycles. The quantitative estimate of drug-likeness (QED) is 0.553. The first-order chi connectivity index (χ1) is 13.7. The van der Waals surface area contributed by atoms with Crippen LogP contribution >= 0.6 is 0 Å². The van der Waals surface area contributed by atoms with Gasteiger partial charge in [0.15, 0.2) is 17.5 Å². The summed E-state index contributed by atoms with van der Waals surface area (Å²) < 4.78 is 10.8. The third-order valence-electron chi connectivity index (χ3n) is 5.09. The average molecular weight is 389 g/mol. The second-order valence-electron chi connectivity index (χ2n) is 7.46. The van der Waals surface area contributed by atoms with Gasteiger partial charge < -0.3 is 25.0 Å². The average Bonchev–Trinajstić information content (AvgIpc) is 3.16. The number of carbonyl (C=O) groups excluding carboxylic acids is 1. The van der Waals surface area contributed by atoms with Gasteiger partial charge in [0.05, 0.1) is 6.54 Å². The normalized spacial score (nSPS) is 18.9. The molecule has 0 bridgehead atoms. The van der Waals surface area contributed by atoms with Gasteiger partial charge in [-0.25, -0.2) is 0 Å². The number of guanidine groups is 1. The zero-order valence-electron chi connectivity index (χ0n) is 17.0. The second-order valence-corrected chi connectivity index (χ2v) is 7.46. The van der Waals surface area contributed by atoms with Crippen molar-refractivity contribution in [3.05, 3.63) is 23.8 Å². The van der Waals surface area contributed by atoms with Crippen molar-refractivity contribution in [1.82, 2.24) is 15.5 Å². The fraction of sp³-hybridized carbons (Fsp3) is 0.619. The number of nitrogens with one attached hydrogen (secondary N) is 2. The lowest BCUT2D eigenvalue weighted by molar-refractivity contribution is -0.132. The summed E-state index contributed by atoms with van der Waals surface area (Å²) in [7, 11) is 0. The minimum absolute atomic E-state index is 0.214. The molecular formula is C21H32N4O3. The Hall–Kier alpha value is -2.44. The van der Waals surface area contributed by atoms with E-state index in [0.717, 1.165) is 56.5 Å². The molecule has 7 heteroatoms.